The number of anilines is 2. The first kappa shape index (κ1) is 26.7. The Morgan fingerprint density at radius 2 is 1.73 bits per heavy atom. The van der Waals surface area contributed by atoms with Gasteiger partial charge in [-0.3, -0.25) is 9.52 Å². The molecule has 12 heteroatoms. The first-order chi connectivity index (χ1) is 19.3. The highest BCUT2D eigenvalue weighted by Crippen LogP contribution is 2.31. The molecule has 0 bridgehead atoms. The highest BCUT2D eigenvalue weighted by Gasteiger charge is 2.19. The molecule has 3 aromatic carbocycles. The van der Waals surface area contributed by atoms with Crippen LogP contribution in [0, 0.1) is 0 Å². The number of nitrogen functional groups attached to an aromatic ring is 1. The summed E-state index contributed by atoms with van der Waals surface area (Å²) in [5.41, 5.74) is 13.5. The molecule has 0 atom stereocenters. The van der Waals surface area contributed by atoms with Crippen LogP contribution in [0.2, 0.25) is 0 Å². The molecule has 2 aromatic heterocycles. The van der Waals surface area contributed by atoms with Crippen LogP contribution < -0.4 is 31.2 Å². The smallest absolute Gasteiger partial charge is 0.267 e. The van der Waals surface area contributed by atoms with Crippen molar-refractivity contribution >= 4 is 32.6 Å². The van der Waals surface area contributed by atoms with Gasteiger partial charge in [-0.15, -0.1) is 0 Å². The summed E-state index contributed by atoms with van der Waals surface area (Å²) in [6.07, 6.45) is 1.53. The average molecular weight is 559 g/mol. The minimum Gasteiger partial charge on any atom is -0.492 e. The van der Waals surface area contributed by atoms with Gasteiger partial charge in [0, 0.05) is 18.3 Å². The lowest BCUT2D eigenvalue weighted by molar-refractivity contribution is 0.328. The van der Waals surface area contributed by atoms with Crippen LogP contribution in [-0.2, 0) is 10.0 Å². The molecular weight excluding hydrogens is 532 g/mol. The monoisotopic (exact) mass is 558 g/mol. The number of aromatic nitrogens is 3. The molecule has 0 amide bonds. The largest absolute Gasteiger partial charge is 0.492 e. The minimum absolute atomic E-state index is 0.0240. The highest BCUT2D eigenvalue weighted by atomic mass is 32.2. The van der Waals surface area contributed by atoms with Gasteiger partial charge in [0.15, 0.2) is 0 Å². The standard InChI is InChI=1S/C28H26N6O5S/c1-38-26-25(33-40(36,37)22-10-8-21(9-11-22)39-14-13-29)16-19(17-31-26)18-7-12-24-23(15-18)27(35)34(28(30)32-24)20-5-3-2-4-6-20/h2-12,15-17,33H,13-14,29H2,1H3,(H2,30,32). The summed E-state index contributed by atoms with van der Waals surface area (Å²) in [5, 5.41) is 0.338. The number of para-hydroxylation sites is 1. The SMILES string of the molecule is COc1ncc(-c2ccc3nc(N)n(-c4ccccc4)c(=O)c3c2)cc1NS(=O)(=O)c1ccc(OCCN)cc1. The Kier molecular flexibility index (Phi) is 7.36. The van der Waals surface area contributed by atoms with Crippen molar-refractivity contribution in [2.75, 3.05) is 30.7 Å². The van der Waals surface area contributed by atoms with E-state index in [2.05, 4.69) is 14.7 Å². The van der Waals surface area contributed by atoms with Crippen LogP contribution in [0.5, 0.6) is 11.6 Å². The number of hydrogen-bond donors (Lipinski definition) is 3. The van der Waals surface area contributed by atoms with E-state index < -0.39 is 10.0 Å². The van der Waals surface area contributed by atoms with Gasteiger partial charge in [-0.05, 0) is 60.2 Å². The topological polar surface area (TPSA) is 164 Å². The maximum Gasteiger partial charge on any atom is 0.267 e. The predicted molar refractivity (Wildman–Crippen MR) is 153 cm³/mol. The maximum absolute atomic E-state index is 13.4. The summed E-state index contributed by atoms with van der Waals surface area (Å²) >= 11 is 0. The lowest BCUT2D eigenvalue weighted by atomic mass is 10.0. The van der Waals surface area contributed by atoms with Gasteiger partial charge in [-0.25, -0.2) is 23.0 Å². The van der Waals surface area contributed by atoms with Crippen molar-refractivity contribution in [3.8, 4) is 28.4 Å². The molecule has 5 rings (SSSR count). The zero-order valence-electron chi connectivity index (χ0n) is 21.4. The molecule has 0 aliphatic heterocycles. The van der Waals surface area contributed by atoms with E-state index in [1.54, 1.807) is 60.7 Å². The maximum atomic E-state index is 13.4. The Morgan fingerprint density at radius 3 is 2.42 bits per heavy atom. The number of rotatable bonds is 9. The van der Waals surface area contributed by atoms with Crippen LogP contribution in [0.1, 0.15) is 0 Å². The van der Waals surface area contributed by atoms with E-state index in [1.165, 1.54) is 30.0 Å². The number of sulfonamides is 1. The Morgan fingerprint density at radius 1 is 0.975 bits per heavy atom. The van der Waals surface area contributed by atoms with Crippen molar-refractivity contribution in [2.24, 2.45) is 5.73 Å². The zero-order valence-corrected chi connectivity index (χ0v) is 22.3. The van der Waals surface area contributed by atoms with Gasteiger partial charge in [0.2, 0.25) is 11.8 Å². The number of nitrogens with zero attached hydrogens (tertiary/aromatic N) is 3. The normalized spacial score (nSPS) is 11.3. The number of nitrogens with two attached hydrogens (primary N) is 2. The summed E-state index contributed by atoms with van der Waals surface area (Å²) in [5.74, 6) is 0.652. The Bertz CT molecular complexity index is 1840. The first-order valence-corrected chi connectivity index (χ1v) is 13.7. The molecule has 0 unspecified atom stereocenters. The number of ether oxygens (including phenoxy) is 2. The number of hydrogen-bond acceptors (Lipinski definition) is 9. The quantitative estimate of drug-likeness (QED) is 0.246. The van der Waals surface area contributed by atoms with E-state index >= 15 is 0 Å². The van der Waals surface area contributed by atoms with E-state index in [0.717, 1.165) is 0 Å². The van der Waals surface area contributed by atoms with Crippen LogP contribution >= 0.6 is 0 Å². The van der Waals surface area contributed by atoms with E-state index in [0.29, 0.717) is 46.6 Å². The van der Waals surface area contributed by atoms with Crippen molar-refractivity contribution in [1.29, 1.82) is 0 Å². The number of nitrogens with one attached hydrogen (secondary N) is 1. The molecule has 204 valence electrons. The molecule has 0 aliphatic carbocycles. The molecule has 11 nitrogen and oxygen atoms in total. The second-order valence-corrected chi connectivity index (χ2v) is 10.4. The second-order valence-electron chi connectivity index (χ2n) is 8.67. The molecule has 2 heterocycles. The van der Waals surface area contributed by atoms with Crippen LogP contribution in [-0.4, -0.2) is 43.2 Å². The second kappa shape index (κ2) is 11.0. The third-order valence-electron chi connectivity index (χ3n) is 6.05. The van der Waals surface area contributed by atoms with Gasteiger partial charge in [-0.2, -0.15) is 0 Å². The Hall–Kier alpha value is -4.94. The van der Waals surface area contributed by atoms with E-state index in [4.69, 9.17) is 20.9 Å². The fraction of sp³-hybridized carbons (Fsp3) is 0.107. The van der Waals surface area contributed by atoms with Crippen molar-refractivity contribution in [1.82, 2.24) is 14.5 Å². The van der Waals surface area contributed by atoms with Gasteiger partial charge in [0.25, 0.3) is 15.6 Å². The molecular formula is C28H26N6O5S. The Labute approximate surface area is 230 Å². The summed E-state index contributed by atoms with van der Waals surface area (Å²) in [6, 6.07) is 21.6. The van der Waals surface area contributed by atoms with Gasteiger partial charge in [0.1, 0.15) is 18.0 Å². The van der Waals surface area contributed by atoms with Crippen LogP contribution in [0.25, 0.3) is 27.7 Å². The van der Waals surface area contributed by atoms with Crippen molar-refractivity contribution < 1.29 is 17.9 Å². The van der Waals surface area contributed by atoms with Crippen LogP contribution in [0.15, 0.2) is 94.7 Å². The van der Waals surface area contributed by atoms with Gasteiger partial charge >= 0.3 is 0 Å². The molecule has 40 heavy (non-hydrogen) atoms. The molecule has 5 aromatic rings. The third-order valence-corrected chi connectivity index (χ3v) is 7.43. The van der Waals surface area contributed by atoms with Gasteiger partial charge < -0.3 is 20.9 Å². The fourth-order valence-electron chi connectivity index (χ4n) is 4.15. The molecule has 0 aliphatic rings. The molecule has 0 radical (unpaired) electrons. The Balaban J connectivity index is 1.52. The zero-order chi connectivity index (χ0) is 28.3. The third kappa shape index (κ3) is 5.30. The van der Waals surface area contributed by atoms with Crippen molar-refractivity contribution in [3.05, 3.63) is 95.4 Å². The minimum atomic E-state index is -3.99. The summed E-state index contributed by atoms with van der Waals surface area (Å²) in [4.78, 5) is 22.1. The summed E-state index contributed by atoms with van der Waals surface area (Å²) in [6.45, 7) is 0.661. The molecule has 0 spiro atoms. The predicted octanol–water partition coefficient (Wildman–Crippen LogP) is 3.18. The van der Waals surface area contributed by atoms with E-state index in [9.17, 15) is 13.2 Å². The van der Waals surface area contributed by atoms with Crippen molar-refractivity contribution in [2.45, 2.75) is 4.90 Å². The van der Waals surface area contributed by atoms with Gasteiger partial charge in [-0.1, -0.05) is 24.3 Å². The average Bonchev–Trinajstić information content (AvgIpc) is 2.96. The lowest BCUT2D eigenvalue weighted by Gasteiger charge is -2.14. The van der Waals surface area contributed by atoms with Crippen LogP contribution in [0.4, 0.5) is 11.6 Å². The summed E-state index contributed by atoms with van der Waals surface area (Å²) < 4.78 is 40.9. The van der Waals surface area contributed by atoms with E-state index in [-0.39, 0.29) is 28.0 Å². The van der Waals surface area contributed by atoms with E-state index in [1.807, 2.05) is 6.07 Å². The molecule has 0 saturated heterocycles. The van der Waals surface area contributed by atoms with Crippen molar-refractivity contribution in [3.63, 3.8) is 0 Å². The molecule has 0 fully saturated rings. The summed E-state index contributed by atoms with van der Waals surface area (Å²) in [7, 11) is -2.60. The van der Waals surface area contributed by atoms with Gasteiger partial charge in [0.05, 0.1) is 28.6 Å². The number of fused-ring (bicyclic) bond motifs is 1. The van der Waals surface area contributed by atoms with Crippen LogP contribution in [0.3, 0.4) is 0 Å². The number of pyridine rings is 1. The lowest BCUT2D eigenvalue weighted by Crippen LogP contribution is -2.23. The fourth-order valence-corrected chi connectivity index (χ4v) is 5.20. The molecule has 0 saturated carbocycles. The number of methoxy groups -OCH3 is 1. The first-order valence-electron chi connectivity index (χ1n) is 12.2. The molecule has 5 N–H and O–H groups in total. The number of benzene rings is 3. The highest BCUT2D eigenvalue weighted by molar-refractivity contribution is 7.92.